The number of imide groups is 1. The molecule has 1 atom stereocenters. The van der Waals surface area contributed by atoms with E-state index in [4.69, 9.17) is 4.74 Å². The van der Waals surface area contributed by atoms with Crippen molar-refractivity contribution in [3.05, 3.63) is 64.5 Å². The van der Waals surface area contributed by atoms with Gasteiger partial charge in [-0.1, -0.05) is 6.07 Å². The Hall–Kier alpha value is -3.49. The summed E-state index contributed by atoms with van der Waals surface area (Å²) >= 11 is 0. The van der Waals surface area contributed by atoms with Crippen LogP contribution in [0.1, 0.15) is 6.92 Å². The minimum atomic E-state index is -0.722. The Bertz CT molecular complexity index is 887. The van der Waals surface area contributed by atoms with Gasteiger partial charge in [0.15, 0.2) is 0 Å². The normalized spacial score (nSPS) is 16.7. The van der Waals surface area contributed by atoms with Gasteiger partial charge in [-0.2, -0.15) is 0 Å². The van der Waals surface area contributed by atoms with E-state index in [9.17, 15) is 24.1 Å². The molecule has 1 aliphatic heterocycles. The predicted octanol–water partition coefficient (Wildman–Crippen LogP) is 2.97. The van der Waals surface area contributed by atoms with Crippen LogP contribution in [0, 0.1) is 15.9 Å². The molecule has 1 heterocycles. The van der Waals surface area contributed by atoms with Gasteiger partial charge in [-0.3, -0.25) is 24.7 Å². The standard InChI is InChI=1S/C18H16FN3O5/c1-12-17(23)20(18(24)21(12)14-7-5-13(19)6-8-14)9-10-27-16-4-2-3-15(11-16)22(25)26/h2-8,11-12H,9-10H2,1H3/t12-/m1/s1. The van der Waals surface area contributed by atoms with Crippen LogP contribution < -0.4 is 9.64 Å². The Labute approximate surface area is 153 Å². The number of hydrogen-bond donors (Lipinski definition) is 0. The summed E-state index contributed by atoms with van der Waals surface area (Å²) in [6, 6.07) is 9.68. The molecule has 8 nitrogen and oxygen atoms in total. The molecule has 0 aromatic heterocycles. The summed E-state index contributed by atoms with van der Waals surface area (Å²) < 4.78 is 18.5. The summed E-state index contributed by atoms with van der Waals surface area (Å²) in [5.41, 5.74) is 0.307. The Morgan fingerprint density at radius 1 is 1.19 bits per heavy atom. The number of benzene rings is 2. The van der Waals surface area contributed by atoms with Gasteiger partial charge in [-0.05, 0) is 37.3 Å². The molecule has 0 saturated carbocycles. The smallest absolute Gasteiger partial charge is 0.332 e. The maximum Gasteiger partial charge on any atom is 0.332 e. The molecule has 27 heavy (non-hydrogen) atoms. The molecule has 1 aliphatic rings. The zero-order valence-corrected chi connectivity index (χ0v) is 14.4. The third-order valence-electron chi connectivity index (χ3n) is 4.16. The summed E-state index contributed by atoms with van der Waals surface area (Å²) in [7, 11) is 0. The lowest BCUT2D eigenvalue weighted by Crippen LogP contribution is -2.36. The molecule has 0 unspecified atom stereocenters. The van der Waals surface area contributed by atoms with E-state index in [0.717, 1.165) is 4.90 Å². The molecule has 9 heteroatoms. The number of ether oxygens (including phenoxy) is 1. The van der Waals surface area contributed by atoms with Crippen LogP contribution in [0.2, 0.25) is 0 Å². The lowest BCUT2D eigenvalue weighted by atomic mass is 10.2. The summed E-state index contributed by atoms with van der Waals surface area (Å²) in [4.78, 5) is 37.6. The maximum atomic E-state index is 13.1. The number of nitrogens with zero attached hydrogens (tertiary/aromatic N) is 3. The van der Waals surface area contributed by atoms with Crippen molar-refractivity contribution in [2.24, 2.45) is 0 Å². The van der Waals surface area contributed by atoms with Crippen molar-refractivity contribution < 1.29 is 23.6 Å². The molecule has 0 bridgehead atoms. The van der Waals surface area contributed by atoms with Crippen molar-refractivity contribution in [3.8, 4) is 5.75 Å². The van der Waals surface area contributed by atoms with E-state index in [1.807, 2.05) is 0 Å². The van der Waals surface area contributed by atoms with Gasteiger partial charge in [0.1, 0.15) is 24.2 Å². The largest absolute Gasteiger partial charge is 0.491 e. The van der Waals surface area contributed by atoms with Crippen molar-refractivity contribution in [2.45, 2.75) is 13.0 Å². The number of carbonyl (C=O) groups excluding carboxylic acids is 2. The SMILES string of the molecule is C[C@@H]1C(=O)N(CCOc2cccc([N+](=O)[O-])c2)C(=O)N1c1ccc(F)cc1. The van der Waals surface area contributed by atoms with E-state index in [0.29, 0.717) is 5.69 Å². The molecular formula is C18H16FN3O5. The third-order valence-corrected chi connectivity index (χ3v) is 4.16. The zero-order chi connectivity index (χ0) is 19.6. The van der Waals surface area contributed by atoms with E-state index in [1.54, 1.807) is 13.0 Å². The first-order valence-electron chi connectivity index (χ1n) is 8.16. The Balaban J connectivity index is 1.66. The van der Waals surface area contributed by atoms with Crippen LogP contribution in [0.15, 0.2) is 48.5 Å². The molecule has 140 valence electrons. The molecule has 0 spiro atoms. The molecule has 2 aromatic carbocycles. The number of nitro benzene ring substituents is 1. The maximum absolute atomic E-state index is 13.1. The Kier molecular flexibility index (Phi) is 5.02. The lowest BCUT2D eigenvalue weighted by Gasteiger charge is -2.19. The van der Waals surface area contributed by atoms with Crippen LogP contribution in [-0.4, -0.2) is 41.0 Å². The van der Waals surface area contributed by atoms with Gasteiger partial charge in [0.05, 0.1) is 17.5 Å². The van der Waals surface area contributed by atoms with Gasteiger partial charge in [0.2, 0.25) is 0 Å². The first-order chi connectivity index (χ1) is 12.9. The molecule has 3 rings (SSSR count). The van der Waals surface area contributed by atoms with Crippen LogP contribution in [0.25, 0.3) is 0 Å². The summed E-state index contributed by atoms with van der Waals surface area (Å²) in [5.74, 6) is -0.565. The van der Waals surface area contributed by atoms with Crippen LogP contribution in [-0.2, 0) is 4.79 Å². The third kappa shape index (κ3) is 3.71. The fraction of sp³-hybridized carbons (Fsp3) is 0.222. The fourth-order valence-corrected chi connectivity index (χ4v) is 2.81. The number of halogens is 1. The highest BCUT2D eigenvalue weighted by molar-refractivity contribution is 6.14. The van der Waals surface area contributed by atoms with E-state index in [-0.39, 0.29) is 24.6 Å². The predicted molar refractivity (Wildman–Crippen MR) is 94.0 cm³/mol. The van der Waals surface area contributed by atoms with Crippen LogP contribution >= 0.6 is 0 Å². The van der Waals surface area contributed by atoms with Gasteiger partial charge in [0, 0.05) is 11.8 Å². The number of non-ortho nitro benzene ring substituents is 1. The van der Waals surface area contributed by atoms with Crippen LogP contribution in [0.4, 0.5) is 20.6 Å². The van der Waals surface area contributed by atoms with Gasteiger partial charge >= 0.3 is 6.03 Å². The second kappa shape index (κ2) is 7.40. The summed E-state index contributed by atoms with van der Waals surface area (Å²) in [6.45, 7) is 1.57. The van der Waals surface area contributed by atoms with Crippen molar-refractivity contribution in [2.75, 3.05) is 18.1 Å². The van der Waals surface area contributed by atoms with Gasteiger partial charge in [0.25, 0.3) is 11.6 Å². The van der Waals surface area contributed by atoms with Crippen molar-refractivity contribution >= 4 is 23.3 Å². The van der Waals surface area contributed by atoms with Crippen molar-refractivity contribution in [1.29, 1.82) is 0 Å². The number of urea groups is 1. The number of hydrogen-bond acceptors (Lipinski definition) is 5. The van der Waals surface area contributed by atoms with E-state index in [2.05, 4.69) is 0 Å². The van der Waals surface area contributed by atoms with E-state index >= 15 is 0 Å². The minimum absolute atomic E-state index is 0.0113. The highest BCUT2D eigenvalue weighted by Gasteiger charge is 2.43. The van der Waals surface area contributed by atoms with Crippen LogP contribution in [0.5, 0.6) is 5.75 Å². The molecular weight excluding hydrogens is 357 g/mol. The van der Waals surface area contributed by atoms with Gasteiger partial charge in [-0.25, -0.2) is 9.18 Å². The number of nitro groups is 1. The Morgan fingerprint density at radius 3 is 2.56 bits per heavy atom. The Morgan fingerprint density at radius 2 is 1.89 bits per heavy atom. The molecule has 1 saturated heterocycles. The first-order valence-corrected chi connectivity index (χ1v) is 8.16. The molecule has 1 fully saturated rings. The first kappa shape index (κ1) is 18.3. The highest BCUT2D eigenvalue weighted by Crippen LogP contribution is 2.26. The van der Waals surface area contributed by atoms with Crippen molar-refractivity contribution in [3.63, 3.8) is 0 Å². The van der Waals surface area contributed by atoms with Crippen LogP contribution in [0.3, 0.4) is 0 Å². The molecule has 3 amide bonds. The molecule has 2 aromatic rings. The number of amides is 3. The molecule has 0 aliphatic carbocycles. The van der Waals surface area contributed by atoms with E-state index in [1.165, 1.54) is 47.4 Å². The fourth-order valence-electron chi connectivity index (χ4n) is 2.81. The van der Waals surface area contributed by atoms with Crippen molar-refractivity contribution in [1.82, 2.24) is 4.90 Å². The van der Waals surface area contributed by atoms with Gasteiger partial charge < -0.3 is 4.74 Å². The second-order valence-electron chi connectivity index (χ2n) is 5.90. The average molecular weight is 373 g/mol. The van der Waals surface area contributed by atoms with E-state index < -0.39 is 28.7 Å². The number of anilines is 1. The average Bonchev–Trinajstić information content (AvgIpc) is 2.86. The minimum Gasteiger partial charge on any atom is -0.491 e. The monoisotopic (exact) mass is 373 g/mol. The highest BCUT2D eigenvalue weighted by atomic mass is 19.1. The van der Waals surface area contributed by atoms with Gasteiger partial charge in [-0.15, -0.1) is 0 Å². The molecule has 0 radical (unpaired) electrons. The topological polar surface area (TPSA) is 93.0 Å². The summed E-state index contributed by atoms with van der Waals surface area (Å²) in [5, 5.41) is 10.8. The quantitative estimate of drug-likeness (QED) is 0.441. The lowest BCUT2D eigenvalue weighted by molar-refractivity contribution is -0.384. The zero-order valence-electron chi connectivity index (χ0n) is 14.4. The second-order valence-corrected chi connectivity index (χ2v) is 5.90. The molecule has 0 N–H and O–H groups in total. The number of carbonyl (C=O) groups is 2. The number of rotatable bonds is 6. The summed E-state index contributed by atoms with van der Waals surface area (Å²) in [6.07, 6.45) is 0.